The predicted octanol–water partition coefficient (Wildman–Crippen LogP) is 1.05. The van der Waals surface area contributed by atoms with Gasteiger partial charge in [0.2, 0.25) is 0 Å². The van der Waals surface area contributed by atoms with E-state index in [1.54, 1.807) is 4.90 Å². The molecule has 0 amide bonds. The van der Waals surface area contributed by atoms with Crippen LogP contribution in [0.5, 0.6) is 0 Å². The van der Waals surface area contributed by atoms with Crippen LogP contribution in [0.1, 0.15) is 25.3 Å². The van der Waals surface area contributed by atoms with Crippen molar-refractivity contribution in [2.45, 2.75) is 32.4 Å². The van der Waals surface area contributed by atoms with E-state index >= 15 is 0 Å². The first-order valence-corrected chi connectivity index (χ1v) is 9.75. The Balaban J connectivity index is 1.88. The van der Waals surface area contributed by atoms with E-state index in [0.717, 1.165) is 25.0 Å². The number of nitrogens with two attached hydrogens (primary N) is 1. The molecule has 1 saturated heterocycles. The Bertz CT molecular complexity index is 935. The molecule has 0 aliphatic carbocycles. The molecule has 3 rings (SSSR count). The van der Waals surface area contributed by atoms with Crippen LogP contribution in [0.25, 0.3) is 0 Å². The lowest BCUT2D eigenvalue weighted by molar-refractivity contribution is 0.114. The number of nitrogens with zero attached hydrogens (tertiary/aromatic N) is 2. The highest BCUT2D eigenvalue weighted by atomic mass is 32.1. The van der Waals surface area contributed by atoms with Crippen molar-refractivity contribution in [3.8, 4) is 0 Å². The molecule has 2 heterocycles. The Morgan fingerprint density at radius 3 is 2.79 bits per heavy atom. The number of aromatic nitrogens is 2. The number of ether oxygens (including phenoxy) is 1. The number of H-pyrrole nitrogens is 1. The van der Waals surface area contributed by atoms with Gasteiger partial charge in [0.1, 0.15) is 5.82 Å². The Labute approximate surface area is 168 Å². The number of nitrogen functional groups attached to an aromatic ring is 1. The van der Waals surface area contributed by atoms with Crippen LogP contribution in [0.15, 0.2) is 39.9 Å². The molecule has 0 spiro atoms. The molecule has 150 valence electrons. The van der Waals surface area contributed by atoms with Gasteiger partial charge in [0.05, 0.1) is 12.6 Å². The fourth-order valence-corrected chi connectivity index (χ4v) is 3.57. The number of rotatable bonds is 6. The number of nitrogens with one attached hydrogen (secondary N) is 2. The minimum Gasteiger partial charge on any atom is -0.383 e. The van der Waals surface area contributed by atoms with E-state index < -0.39 is 11.2 Å². The van der Waals surface area contributed by atoms with Gasteiger partial charge in [-0.3, -0.25) is 14.3 Å². The van der Waals surface area contributed by atoms with Gasteiger partial charge in [-0.15, -0.1) is 0 Å². The molecule has 1 aliphatic heterocycles. The first-order chi connectivity index (χ1) is 13.5. The van der Waals surface area contributed by atoms with Crippen LogP contribution >= 0.6 is 12.2 Å². The Hall–Kier alpha value is -2.65. The summed E-state index contributed by atoms with van der Waals surface area (Å²) in [4.78, 5) is 28.8. The fraction of sp³-hybridized carbons (Fsp3) is 0.421. The molecular weight excluding hydrogens is 378 g/mol. The largest absolute Gasteiger partial charge is 0.383 e. The van der Waals surface area contributed by atoms with E-state index in [4.69, 9.17) is 22.7 Å². The minimum atomic E-state index is -0.560. The zero-order valence-corrected chi connectivity index (χ0v) is 16.6. The van der Waals surface area contributed by atoms with Gasteiger partial charge in [-0.1, -0.05) is 30.3 Å². The molecule has 1 aromatic carbocycles. The number of benzene rings is 1. The number of anilines is 2. The van der Waals surface area contributed by atoms with Gasteiger partial charge in [0, 0.05) is 19.7 Å². The summed E-state index contributed by atoms with van der Waals surface area (Å²) in [5.41, 5.74) is 6.21. The molecule has 1 aromatic heterocycles. The van der Waals surface area contributed by atoms with Gasteiger partial charge in [-0.2, -0.15) is 0 Å². The van der Waals surface area contributed by atoms with Gasteiger partial charge < -0.3 is 20.7 Å². The third-order valence-electron chi connectivity index (χ3n) is 4.73. The second kappa shape index (κ2) is 9.03. The van der Waals surface area contributed by atoms with Crippen molar-refractivity contribution in [1.29, 1.82) is 0 Å². The molecule has 0 saturated carbocycles. The highest BCUT2D eigenvalue weighted by Crippen LogP contribution is 2.18. The van der Waals surface area contributed by atoms with E-state index in [0.29, 0.717) is 18.2 Å². The standard InChI is InChI=1S/C19H25N5O3S/c1-2-23(19(28)21-11-14-9-6-10-27-14)15-16(20)24(18(26)22-17(15)25)12-13-7-4-3-5-8-13/h3-5,7-8,14H,2,6,9-12,20H2,1H3,(H,21,28)(H,22,25,26)/t14-/m0/s1. The summed E-state index contributed by atoms with van der Waals surface area (Å²) in [6, 6.07) is 9.44. The molecule has 1 atom stereocenters. The van der Waals surface area contributed by atoms with Gasteiger partial charge in [0.25, 0.3) is 5.56 Å². The van der Waals surface area contributed by atoms with Crippen LogP contribution in [-0.2, 0) is 11.3 Å². The summed E-state index contributed by atoms with van der Waals surface area (Å²) < 4.78 is 6.94. The SMILES string of the molecule is CCN(C(=S)NC[C@@H]1CCCO1)c1c(N)n(Cc2ccccc2)c(=O)[nH]c1=O. The molecule has 0 radical (unpaired) electrons. The van der Waals surface area contributed by atoms with Crippen molar-refractivity contribution < 1.29 is 4.74 Å². The van der Waals surface area contributed by atoms with E-state index in [9.17, 15) is 9.59 Å². The van der Waals surface area contributed by atoms with Gasteiger partial charge in [-0.05, 0) is 37.5 Å². The van der Waals surface area contributed by atoms with E-state index in [1.165, 1.54) is 4.57 Å². The first kappa shape index (κ1) is 20.1. The lowest BCUT2D eigenvalue weighted by Gasteiger charge is -2.26. The second-order valence-corrected chi connectivity index (χ2v) is 7.02. The molecule has 0 bridgehead atoms. The molecule has 2 aromatic rings. The average Bonchev–Trinajstić information content (AvgIpc) is 3.21. The van der Waals surface area contributed by atoms with Gasteiger partial charge in [-0.25, -0.2) is 4.79 Å². The monoisotopic (exact) mass is 403 g/mol. The molecule has 0 unspecified atom stereocenters. The summed E-state index contributed by atoms with van der Waals surface area (Å²) in [5, 5.41) is 3.52. The van der Waals surface area contributed by atoms with Gasteiger partial charge in [0.15, 0.2) is 10.8 Å². The first-order valence-electron chi connectivity index (χ1n) is 9.34. The summed E-state index contributed by atoms with van der Waals surface area (Å²) in [5.74, 6) is 0.0840. The highest BCUT2D eigenvalue weighted by molar-refractivity contribution is 7.80. The minimum absolute atomic E-state index is 0.0840. The van der Waals surface area contributed by atoms with Crippen molar-refractivity contribution in [3.63, 3.8) is 0 Å². The Morgan fingerprint density at radius 1 is 1.39 bits per heavy atom. The third kappa shape index (κ3) is 4.42. The molecule has 4 N–H and O–H groups in total. The zero-order valence-electron chi connectivity index (χ0n) is 15.8. The van der Waals surface area contributed by atoms with Crippen molar-refractivity contribution in [2.75, 3.05) is 30.3 Å². The highest BCUT2D eigenvalue weighted by Gasteiger charge is 2.22. The van der Waals surface area contributed by atoms with Crippen LogP contribution in [0.2, 0.25) is 0 Å². The summed E-state index contributed by atoms with van der Waals surface area (Å²) >= 11 is 5.48. The maximum Gasteiger partial charge on any atom is 0.330 e. The topological polar surface area (TPSA) is 105 Å². The Kier molecular flexibility index (Phi) is 6.48. The number of thiocarbonyl (C=S) groups is 1. The second-order valence-electron chi connectivity index (χ2n) is 6.63. The molecule has 28 heavy (non-hydrogen) atoms. The smallest absolute Gasteiger partial charge is 0.330 e. The average molecular weight is 404 g/mol. The zero-order chi connectivity index (χ0) is 20.1. The van der Waals surface area contributed by atoms with Crippen LogP contribution in [-0.4, -0.2) is 40.5 Å². The number of aromatic amines is 1. The van der Waals surface area contributed by atoms with Crippen LogP contribution in [0.4, 0.5) is 11.5 Å². The lowest BCUT2D eigenvalue weighted by Crippen LogP contribution is -2.46. The Morgan fingerprint density at radius 2 is 2.14 bits per heavy atom. The van der Waals surface area contributed by atoms with Crippen molar-refractivity contribution in [1.82, 2.24) is 14.9 Å². The van der Waals surface area contributed by atoms with Crippen molar-refractivity contribution in [2.24, 2.45) is 0 Å². The van der Waals surface area contributed by atoms with Crippen LogP contribution < -0.4 is 27.2 Å². The van der Waals surface area contributed by atoms with E-state index in [-0.39, 0.29) is 24.2 Å². The molecule has 9 heteroatoms. The summed E-state index contributed by atoms with van der Waals surface area (Å²) in [6.45, 7) is 3.87. The fourth-order valence-electron chi connectivity index (χ4n) is 3.27. The maximum atomic E-state index is 12.5. The van der Waals surface area contributed by atoms with Crippen molar-refractivity contribution in [3.05, 3.63) is 56.7 Å². The molecule has 8 nitrogen and oxygen atoms in total. The van der Waals surface area contributed by atoms with Crippen LogP contribution in [0, 0.1) is 0 Å². The van der Waals surface area contributed by atoms with Crippen molar-refractivity contribution >= 4 is 28.8 Å². The number of hydrogen-bond acceptors (Lipinski definition) is 5. The van der Waals surface area contributed by atoms with E-state index in [2.05, 4.69) is 10.3 Å². The number of hydrogen-bond donors (Lipinski definition) is 3. The predicted molar refractivity (Wildman–Crippen MR) is 114 cm³/mol. The quantitative estimate of drug-likeness (QED) is 0.619. The molecule has 1 aliphatic rings. The summed E-state index contributed by atoms with van der Waals surface area (Å²) in [7, 11) is 0. The van der Waals surface area contributed by atoms with Crippen LogP contribution in [0.3, 0.4) is 0 Å². The molecule has 1 fully saturated rings. The van der Waals surface area contributed by atoms with E-state index in [1.807, 2.05) is 37.3 Å². The summed E-state index contributed by atoms with van der Waals surface area (Å²) in [6.07, 6.45) is 2.12. The molecular formula is C19H25N5O3S. The lowest BCUT2D eigenvalue weighted by atomic mass is 10.2. The maximum absolute atomic E-state index is 12.5. The third-order valence-corrected chi connectivity index (χ3v) is 5.10. The van der Waals surface area contributed by atoms with Gasteiger partial charge >= 0.3 is 5.69 Å². The normalized spacial score (nSPS) is 16.1.